The minimum atomic E-state index is -0.118. The molecule has 4 aliphatic carbocycles. The zero-order valence-corrected chi connectivity index (χ0v) is 30.3. The van der Waals surface area contributed by atoms with E-state index in [0.717, 1.165) is 60.7 Å². The van der Waals surface area contributed by atoms with Gasteiger partial charge in [-0.1, -0.05) is 99.5 Å². The van der Waals surface area contributed by atoms with Gasteiger partial charge in [-0.25, -0.2) is 9.59 Å². The number of hydrogen-bond acceptors (Lipinski definition) is 2. The highest BCUT2D eigenvalue weighted by Gasteiger charge is 2.27. The molecule has 6 nitrogen and oxygen atoms in total. The molecule has 2 aromatic rings. The second-order valence-corrected chi connectivity index (χ2v) is 16.0. The Labute approximate surface area is 299 Å². The van der Waals surface area contributed by atoms with Gasteiger partial charge in [0.1, 0.15) is 0 Å². The Bertz CT molecular complexity index is 1170. The first-order valence-corrected chi connectivity index (χ1v) is 19.8. The number of hydrogen-bond donors (Lipinski definition) is 4. The summed E-state index contributed by atoms with van der Waals surface area (Å²) < 4.78 is 0. The molecule has 0 bridgehead atoms. The van der Waals surface area contributed by atoms with E-state index in [-0.39, 0.29) is 12.1 Å². The number of carbonyl (C=O) groups excluding carboxylic acids is 2. The van der Waals surface area contributed by atoms with Crippen LogP contribution in [0, 0.1) is 23.7 Å². The van der Waals surface area contributed by atoms with Crippen LogP contribution in [0.1, 0.15) is 128 Å². The molecule has 2 aromatic carbocycles. The van der Waals surface area contributed by atoms with Crippen LogP contribution in [0.4, 0.5) is 21.0 Å². The highest BCUT2D eigenvalue weighted by molar-refractivity contribution is 6.31. The molecular weight excluding hydrogens is 639 g/mol. The summed E-state index contributed by atoms with van der Waals surface area (Å²) in [5.41, 5.74) is 1.48. The largest absolute Gasteiger partial charge is 0.335 e. The van der Waals surface area contributed by atoms with Gasteiger partial charge >= 0.3 is 12.1 Å². The maximum Gasteiger partial charge on any atom is 0.319 e. The molecule has 4 aliphatic rings. The number of amides is 4. The lowest BCUT2D eigenvalue weighted by atomic mass is 9.76. The molecule has 0 radical (unpaired) electrons. The minimum Gasteiger partial charge on any atom is -0.335 e. The van der Waals surface area contributed by atoms with E-state index in [2.05, 4.69) is 21.3 Å². The summed E-state index contributed by atoms with van der Waals surface area (Å²) in [5, 5.41) is 13.3. The lowest BCUT2D eigenvalue weighted by Crippen LogP contribution is -2.40. The fraction of sp³-hybridized carbons (Fsp3) is 0.650. The molecule has 0 aromatic heterocycles. The fourth-order valence-corrected chi connectivity index (χ4v) is 9.09. The quantitative estimate of drug-likeness (QED) is 0.221. The lowest BCUT2D eigenvalue weighted by Gasteiger charge is -2.32. The Morgan fingerprint density at radius 2 is 0.854 bits per heavy atom. The van der Waals surface area contributed by atoms with Gasteiger partial charge in [-0.15, -0.1) is 0 Å². The average molecular weight is 698 g/mol. The monoisotopic (exact) mass is 696 g/mol. The molecule has 0 unspecified atom stereocenters. The van der Waals surface area contributed by atoms with Gasteiger partial charge < -0.3 is 21.3 Å². The van der Waals surface area contributed by atoms with Crippen LogP contribution < -0.4 is 21.3 Å². The molecule has 0 saturated heterocycles. The second kappa shape index (κ2) is 19.7. The van der Waals surface area contributed by atoms with E-state index in [4.69, 9.17) is 23.2 Å². The SMILES string of the molecule is O=C(Nc1cccc(Cl)c1)NC1CCC(CC2CCCCC2)CC1.O=C(Nc1cccc(Cl)c1)NC1CCC(CC2CCCCC2)CC1. The molecule has 6 rings (SSSR count). The molecule has 0 spiro atoms. The Morgan fingerprint density at radius 1 is 0.500 bits per heavy atom. The molecule has 0 atom stereocenters. The highest BCUT2D eigenvalue weighted by atomic mass is 35.5. The number of anilines is 2. The van der Waals surface area contributed by atoms with E-state index in [1.54, 1.807) is 24.3 Å². The third-order valence-electron chi connectivity index (χ3n) is 11.3. The molecule has 4 fully saturated rings. The maximum absolute atomic E-state index is 12.1. The van der Waals surface area contributed by atoms with E-state index in [9.17, 15) is 9.59 Å². The van der Waals surface area contributed by atoms with Crippen molar-refractivity contribution in [2.45, 2.75) is 141 Å². The van der Waals surface area contributed by atoms with Crippen LogP contribution in [0.25, 0.3) is 0 Å². The van der Waals surface area contributed by atoms with E-state index >= 15 is 0 Å². The third-order valence-corrected chi connectivity index (χ3v) is 11.8. The maximum atomic E-state index is 12.1. The minimum absolute atomic E-state index is 0.118. The highest BCUT2D eigenvalue weighted by Crippen LogP contribution is 2.36. The predicted molar refractivity (Wildman–Crippen MR) is 201 cm³/mol. The van der Waals surface area contributed by atoms with Gasteiger partial charge in [-0.2, -0.15) is 0 Å². The molecule has 4 N–H and O–H groups in total. The van der Waals surface area contributed by atoms with E-state index in [1.165, 1.54) is 103 Å². The third kappa shape index (κ3) is 13.1. The number of halogens is 2. The van der Waals surface area contributed by atoms with Crippen molar-refractivity contribution in [2.75, 3.05) is 10.6 Å². The predicted octanol–water partition coefficient (Wildman–Crippen LogP) is 12.0. The van der Waals surface area contributed by atoms with Crippen LogP contribution in [0.3, 0.4) is 0 Å². The van der Waals surface area contributed by atoms with Crippen molar-refractivity contribution in [3.05, 3.63) is 58.6 Å². The summed E-state index contributed by atoms with van der Waals surface area (Å²) >= 11 is 11.9. The van der Waals surface area contributed by atoms with Gasteiger partial charge in [0, 0.05) is 33.5 Å². The summed E-state index contributed by atoms with van der Waals surface area (Å²) in [6, 6.07) is 14.9. The van der Waals surface area contributed by atoms with Crippen molar-refractivity contribution in [2.24, 2.45) is 23.7 Å². The van der Waals surface area contributed by atoms with Gasteiger partial charge in [-0.05, 0) is 124 Å². The number of urea groups is 2. The summed E-state index contributed by atoms with van der Waals surface area (Å²) in [6.07, 6.45) is 26.7. The molecular formula is C40H58Cl2N4O2. The number of rotatable bonds is 8. The van der Waals surface area contributed by atoms with Crippen LogP contribution in [-0.4, -0.2) is 24.1 Å². The fourth-order valence-electron chi connectivity index (χ4n) is 8.71. The smallest absolute Gasteiger partial charge is 0.319 e. The Hall–Kier alpha value is -2.44. The Balaban J connectivity index is 0.000000188. The summed E-state index contributed by atoms with van der Waals surface area (Å²) in [7, 11) is 0. The van der Waals surface area contributed by atoms with Gasteiger partial charge in [-0.3, -0.25) is 0 Å². The standard InChI is InChI=1S/2C20H29ClN2O/c2*21-17-7-4-8-19(14-17)23-20(24)22-18-11-9-16(10-12-18)13-15-5-2-1-3-6-15/h2*4,7-8,14-16,18H,1-3,5-6,9-13H2,(H2,22,23,24). The van der Waals surface area contributed by atoms with Gasteiger partial charge in [0.15, 0.2) is 0 Å². The lowest BCUT2D eigenvalue weighted by molar-refractivity contribution is 0.215. The van der Waals surface area contributed by atoms with E-state index < -0.39 is 0 Å². The van der Waals surface area contributed by atoms with Gasteiger partial charge in [0.05, 0.1) is 0 Å². The second-order valence-electron chi connectivity index (χ2n) is 15.1. The molecule has 0 aliphatic heterocycles. The van der Waals surface area contributed by atoms with Crippen molar-refractivity contribution < 1.29 is 9.59 Å². The molecule has 4 amide bonds. The Morgan fingerprint density at radius 3 is 1.21 bits per heavy atom. The number of carbonyl (C=O) groups is 2. The first-order valence-electron chi connectivity index (χ1n) is 19.0. The first-order chi connectivity index (χ1) is 23.4. The number of benzene rings is 2. The van der Waals surface area contributed by atoms with Crippen LogP contribution in [-0.2, 0) is 0 Å². The van der Waals surface area contributed by atoms with Crippen molar-refractivity contribution in [1.82, 2.24) is 10.6 Å². The molecule has 0 heterocycles. The van der Waals surface area contributed by atoms with Gasteiger partial charge in [0.2, 0.25) is 0 Å². The zero-order chi connectivity index (χ0) is 33.6. The van der Waals surface area contributed by atoms with Crippen LogP contribution >= 0.6 is 23.2 Å². The topological polar surface area (TPSA) is 82.3 Å². The van der Waals surface area contributed by atoms with Crippen LogP contribution in [0.15, 0.2) is 48.5 Å². The van der Waals surface area contributed by atoms with Crippen molar-refractivity contribution >= 4 is 46.6 Å². The molecule has 48 heavy (non-hydrogen) atoms. The Kier molecular flexibility index (Phi) is 15.1. The average Bonchev–Trinajstić information content (AvgIpc) is 3.08. The van der Waals surface area contributed by atoms with E-state index in [0.29, 0.717) is 22.1 Å². The normalized spacial score (nSPS) is 25.2. The summed E-state index contributed by atoms with van der Waals surface area (Å²) in [6.45, 7) is 0. The van der Waals surface area contributed by atoms with Crippen molar-refractivity contribution in [1.29, 1.82) is 0 Å². The number of nitrogens with one attached hydrogen (secondary N) is 4. The van der Waals surface area contributed by atoms with Crippen LogP contribution in [0.5, 0.6) is 0 Å². The van der Waals surface area contributed by atoms with E-state index in [1.807, 2.05) is 24.3 Å². The first kappa shape index (κ1) is 36.8. The summed E-state index contributed by atoms with van der Waals surface area (Å²) in [5.74, 6) is 3.70. The molecule has 8 heteroatoms. The van der Waals surface area contributed by atoms with Crippen molar-refractivity contribution in [3.63, 3.8) is 0 Å². The van der Waals surface area contributed by atoms with Gasteiger partial charge in [0.25, 0.3) is 0 Å². The molecule has 264 valence electrons. The summed E-state index contributed by atoms with van der Waals surface area (Å²) in [4.78, 5) is 24.3. The van der Waals surface area contributed by atoms with Crippen LogP contribution in [0.2, 0.25) is 10.0 Å². The van der Waals surface area contributed by atoms with Crippen molar-refractivity contribution in [3.8, 4) is 0 Å². The molecule has 4 saturated carbocycles. The zero-order valence-electron chi connectivity index (χ0n) is 28.8.